The van der Waals surface area contributed by atoms with Crippen LogP contribution in [0.1, 0.15) is 130 Å². The van der Waals surface area contributed by atoms with Gasteiger partial charge >= 0.3 is 6.03 Å². The average molecular weight is 741 g/mol. The highest BCUT2D eigenvalue weighted by atomic mass is 32.2. The number of unbranched alkanes of at least 4 members (excludes halogenated alkanes) is 1. The normalized spacial score (nSPS) is 32.3. The molecule has 5 rings (SSSR count). The summed E-state index contributed by atoms with van der Waals surface area (Å²) in [5, 5.41) is 22.8. The van der Waals surface area contributed by atoms with Crippen molar-refractivity contribution in [2.45, 2.75) is 159 Å². The lowest BCUT2D eigenvalue weighted by molar-refractivity contribution is -0.124. The minimum absolute atomic E-state index is 0.00988. The molecule has 3 aliphatic carbocycles. The summed E-state index contributed by atoms with van der Waals surface area (Å²) in [7, 11) is 0. The van der Waals surface area contributed by atoms with Crippen molar-refractivity contribution in [2.24, 2.45) is 23.2 Å². The highest BCUT2D eigenvalue weighted by Crippen LogP contribution is 2.60. The van der Waals surface area contributed by atoms with E-state index in [0.717, 1.165) is 63.0 Å². The molecular formula is C42H68N4O5S. The van der Waals surface area contributed by atoms with E-state index in [4.69, 9.17) is 4.74 Å². The summed E-state index contributed by atoms with van der Waals surface area (Å²) >= 11 is 1.90. The molecule has 5 aliphatic rings. The molecule has 4 amide bonds. The Kier molecular flexibility index (Phi) is 14.8. The molecular weight excluding hydrogens is 673 g/mol. The number of carbonyl (C=O) groups excluding carboxylic acids is 3. The van der Waals surface area contributed by atoms with Gasteiger partial charge in [-0.15, -0.1) is 0 Å². The van der Waals surface area contributed by atoms with E-state index in [-0.39, 0.29) is 36.0 Å². The zero-order valence-electron chi connectivity index (χ0n) is 32.5. The maximum absolute atomic E-state index is 12.8. The Hall–Kier alpha value is -2.30. The van der Waals surface area contributed by atoms with Gasteiger partial charge in [-0.05, 0) is 113 Å². The second-order valence-corrected chi connectivity index (χ2v) is 18.7. The van der Waals surface area contributed by atoms with Gasteiger partial charge in [0.05, 0.1) is 30.9 Å². The number of aliphatic hydroxyl groups is 1. The van der Waals surface area contributed by atoms with Gasteiger partial charge in [-0.25, -0.2) is 4.79 Å². The van der Waals surface area contributed by atoms with E-state index in [0.29, 0.717) is 55.1 Å². The van der Waals surface area contributed by atoms with Gasteiger partial charge < -0.3 is 31.1 Å². The summed E-state index contributed by atoms with van der Waals surface area (Å²) in [4.78, 5) is 36.6. The van der Waals surface area contributed by atoms with Crippen LogP contribution in [0.4, 0.5) is 4.79 Å². The molecule has 52 heavy (non-hydrogen) atoms. The van der Waals surface area contributed by atoms with Gasteiger partial charge in [0.1, 0.15) is 0 Å². The van der Waals surface area contributed by atoms with E-state index in [1.54, 1.807) is 5.57 Å². The smallest absolute Gasteiger partial charge is 0.315 e. The number of carbonyl (C=O) groups is 3. The molecule has 0 spiro atoms. The van der Waals surface area contributed by atoms with E-state index < -0.39 is 5.60 Å². The fourth-order valence-electron chi connectivity index (χ4n) is 10.0. The number of hydrogen-bond acceptors (Lipinski definition) is 6. The largest absolute Gasteiger partial charge is 0.390 e. The molecule has 10 heteroatoms. The molecule has 9 nitrogen and oxygen atoms in total. The van der Waals surface area contributed by atoms with Crippen molar-refractivity contribution in [1.82, 2.24) is 21.3 Å². The topological polar surface area (TPSA) is 129 Å². The van der Waals surface area contributed by atoms with E-state index in [9.17, 15) is 19.5 Å². The van der Waals surface area contributed by atoms with Crippen LogP contribution >= 0.6 is 11.8 Å². The Balaban J connectivity index is 0.958. The number of fused-ring (bicyclic) bond motifs is 2. The minimum Gasteiger partial charge on any atom is -0.390 e. The molecule has 2 saturated heterocycles. The van der Waals surface area contributed by atoms with Crippen LogP contribution in [0.25, 0.3) is 0 Å². The fourth-order valence-corrected chi connectivity index (χ4v) is 11.5. The minimum atomic E-state index is -0.575. The number of allylic oxidation sites excluding steroid dienone is 4. The first-order valence-electron chi connectivity index (χ1n) is 20.4. The Morgan fingerprint density at radius 1 is 1.10 bits per heavy atom. The van der Waals surface area contributed by atoms with Gasteiger partial charge in [0.15, 0.2) is 0 Å². The number of urea groups is 1. The molecule has 5 N–H and O–H groups in total. The number of thioether (sulfide) groups is 1. The van der Waals surface area contributed by atoms with Crippen LogP contribution in [0.5, 0.6) is 0 Å². The molecule has 0 radical (unpaired) electrons. The first-order chi connectivity index (χ1) is 24.8. The number of nitrogens with one attached hydrogen (secondary N) is 4. The monoisotopic (exact) mass is 740 g/mol. The number of rotatable bonds is 18. The van der Waals surface area contributed by atoms with Crippen LogP contribution in [0.2, 0.25) is 0 Å². The van der Waals surface area contributed by atoms with Crippen molar-refractivity contribution in [2.75, 3.05) is 25.5 Å². The Morgan fingerprint density at radius 2 is 1.92 bits per heavy atom. The van der Waals surface area contributed by atoms with Crippen molar-refractivity contribution >= 4 is 29.6 Å². The standard InChI is InChI=1S/C42H68N4O5S/c1-28-14-17-32(26-31(28)16-15-30-11-9-22-42(5)33(18-19-34(30)42)29(2)10-8-21-41(3,4)50)44-38(48)20-24-51-25-23-43-37(47)13-7-6-12-36-39-35(27-52-36)45-40(49)46-39/h15-16,29,32-36,39,50H,1,6-14,17-27H2,2-5H3,(H,43,47)(H,44,48)(H2,45,46,49)/b30-15+,31-16-/t29-,32-,33-,34?,35+,36+,39+,42-/m1/s1. The number of hydrogen-bond donors (Lipinski definition) is 5. The molecule has 5 fully saturated rings. The summed E-state index contributed by atoms with van der Waals surface area (Å²) in [5.74, 6) is 3.07. The Labute approximate surface area is 317 Å². The molecule has 0 aromatic carbocycles. The lowest BCUT2D eigenvalue weighted by atomic mass is 9.60. The van der Waals surface area contributed by atoms with Crippen LogP contribution in [-0.4, -0.2) is 77.4 Å². The SMILES string of the molecule is C=C1CC[C@@H](NC(=O)CCOCCNC(=O)CCCC[C@@H]2SC[C@@H]3NC(=O)N[C@@H]32)C/C1=C/C=C1\CCC[C@@]2(C)C1CC[C@@H]2[C@H](C)CCCC(C)(C)O. The third kappa shape index (κ3) is 11.4. The third-order valence-electron chi connectivity index (χ3n) is 12.9. The Bertz CT molecular complexity index is 1330. The highest BCUT2D eigenvalue weighted by molar-refractivity contribution is 8.00. The molecule has 2 aliphatic heterocycles. The molecule has 0 bridgehead atoms. The summed E-state index contributed by atoms with van der Waals surface area (Å²) in [6.45, 7) is 14.4. The van der Waals surface area contributed by atoms with Crippen molar-refractivity contribution in [3.63, 3.8) is 0 Å². The molecule has 292 valence electrons. The average Bonchev–Trinajstić information content (AvgIpc) is 3.76. The summed E-state index contributed by atoms with van der Waals surface area (Å²) < 4.78 is 5.67. The quantitative estimate of drug-likeness (QED) is 0.0754. The third-order valence-corrected chi connectivity index (χ3v) is 14.4. The molecule has 1 unspecified atom stereocenters. The second-order valence-electron chi connectivity index (χ2n) is 17.4. The summed E-state index contributed by atoms with van der Waals surface area (Å²) in [6, 6.07) is 0.506. The summed E-state index contributed by atoms with van der Waals surface area (Å²) in [5.41, 5.74) is 3.85. The number of amides is 4. The van der Waals surface area contributed by atoms with Crippen LogP contribution < -0.4 is 21.3 Å². The van der Waals surface area contributed by atoms with Crippen LogP contribution in [-0.2, 0) is 14.3 Å². The molecule has 8 atom stereocenters. The zero-order chi connectivity index (χ0) is 37.3. The summed E-state index contributed by atoms with van der Waals surface area (Å²) in [6.07, 6.45) is 20.5. The lowest BCUT2D eigenvalue weighted by Gasteiger charge is -2.44. The van der Waals surface area contributed by atoms with Crippen LogP contribution in [0, 0.1) is 23.2 Å². The molecule has 0 aromatic heterocycles. The zero-order valence-corrected chi connectivity index (χ0v) is 33.4. The van der Waals surface area contributed by atoms with Crippen LogP contribution in [0.3, 0.4) is 0 Å². The fraction of sp³-hybridized carbons (Fsp3) is 0.786. The van der Waals surface area contributed by atoms with E-state index >= 15 is 0 Å². The van der Waals surface area contributed by atoms with Gasteiger partial charge in [0, 0.05) is 36.4 Å². The lowest BCUT2D eigenvalue weighted by Crippen LogP contribution is -2.37. The van der Waals surface area contributed by atoms with Crippen molar-refractivity contribution in [1.29, 1.82) is 0 Å². The predicted octanol–water partition coefficient (Wildman–Crippen LogP) is 7.11. The maximum atomic E-state index is 12.8. The van der Waals surface area contributed by atoms with Crippen molar-refractivity contribution in [3.8, 4) is 0 Å². The van der Waals surface area contributed by atoms with Gasteiger partial charge in [-0.2, -0.15) is 11.8 Å². The second kappa shape index (κ2) is 18.8. The number of ether oxygens (including phenoxy) is 1. The van der Waals surface area contributed by atoms with Gasteiger partial charge in [-0.1, -0.05) is 63.0 Å². The van der Waals surface area contributed by atoms with Gasteiger partial charge in [0.2, 0.25) is 11.8 Å². The molecule has 0 aromatic rings. The molecule has 3 saturated carbocycles. The van der Waals surface area contributed by atoms with E-state index in [1.807, 2.05) is 25.6 Å². The van der Waals surface area contributed by atoms with Crippen molar-refractivity contribution < 1.29 is 24.2 Å². The first-order valence-corrected chi connectivity index (χ1v) is 21.5. The Morgan fingerprint density at radius 3 is 2.73 bits per heavy atom. The van der Waals surface area contributed by atoms with Gasteiger partial charge in [0.25, 0.3) is 0 Å². The molecule has 2 heterocycles. The van der Waals surface area contributed by atoms with Crippen LogP contribution in [0.15, 0.2) is 35.5 Å². The predicted molar refractivity (Wildman–Crippen MR) is 211 cm³/mol. The van der Waals surface area contributed by atoms with Crippen molar-refractivity contribution in [3.05, 3.63) is 35.5 Å². The first kappa shape index (κ1) is 40.9. The van der Waals surface area contributed by atoms with Gasteiger partial charge in [-0.3, -0.25) is 9.59 Å². The van der Waals surface area contributed by atoms with E-state index in [1.165, 1.54) is 49.7 Å². The highest BCUT2D eigenvalue weighted by Gasteiger charge is 2.50. The van der Waals surface area contributed by atoms with E-state index in [2.05, 4.69) is 53.8 Å². The maximum Gasteiger partial charge on any atom is 0.315 e.